The lowest BCUT2D eigenvalue weighted by Crippen LogP contribution is -2.34. The molecule has 8 nitrogen and oxygen atoms in total. The summed E-state index contributed by atoms with van der Waals surface area (Å²) in [5.41, 5.74) is -0.994. The number of rotatable bonds is 8. The minimum absolute atomic E-state index is 0.310. The predicted octanol–water partition coefficient (Wildman–Crippen LogP) is 0.593. The maximum absolute atomic E-state index is 12.2. The highest BCUT2D eigenvalue weighted by atomic mass is 16.5. The number of nitrogens with zero attached hydrogens (tertiary/aromatic N) is 3. The number of anilines is 2. The van der Waals surface area contributed by atoms with Crippen LogP contribution in [0.1, 0.15) is 40.0 Å². The van der Waals surface area contributed by atoms with Crippen molar-refractivity contribution in [3.63, 3.8) is 0 Å². The number of hydrogen-bond acceptors (Lipinski definition) is 6. The third-order valence-electron chi connectivity index (χ3n) is 4.14. The molecule has 2 N–H and O–H groups in total. The molecule has 1 aliphatic heterocycles. The Labute approximate surface area is 141 Å². The van der Waals surface area contributed by atoms with Gasteiger partial charge >= 0.3 is 5.69 Å². The van der Waals surface area contributed by atoms with Crippen LogP contribution in [0.2, 0.25) is 0 Å². The number of nitrogens with one attached hydrogen (secondary N) is 1. The highest BCUT2D eigenvalue weighted by Crippen LogP contribution is 2.31. The number of unbranched alkanes of at least 4 members (excludes halogenated alkanes) is 1. The summed E-state index contributed by atoms with van der Waals surface area (Å²) in [4.78, 5) is 30.4. The zero-order chi connectivity index (χ0) is 17.9. The Hall–Kier alpha value is -1.80. The van der Waals surface area contributed by atoms with Gasteiger partial charge in [0.15, 0.2) is 0 Å². The first-order valence-electron chi connectivity index (χ1n) is 8.38. The Morgan fingerprint density at radius 1 is 1.25 bits per heavy atom. The summed E-state index contributed by atoms with van der Waals surface area (Å²) < 4.78 is 6.91. The van der Waals surface area contributed by atoms with Crippen molar-refractivity contribution in [3.8, 4) is 0 Å². The molecule has 0 radical (unpaired) electrons. The minimum Gasteiger partial charge on any atom is -0.390 e. The van der Waals surface area contributed by atoms with Crippen molar-refractivity contribution in [2.75, 3.05) is 36.4 Å². The van der Waals surface area contributed by atoms with Crippen molar-refractivity contribution in [1.82, 2.24) is 9.55 Å². The molecule has 0 saturated heterocycles. The number of hydrogen-bond donors (Lipinski definition) is 2. The van der Waals surface area contributed by atoms with Crippen LogP contribution in [-0.4, -0.2) is 46.8 Å². The van der Waals surface area contributed by atoms with Crippen molar-refractivity contribution < 1.29 is 9.84 Å². The number of aliphatic hydroxyl groups is 1. The first-order chi connectivity index (χ1) is 11.2. The van der Waals surface area contributed by atoms with Crippen LogP contribution in [0.4, 0.5) is 11.5 Å². The van der Waals surface area contributed by atoms with E-state index in [1.54, 1.807) is 20.9 Å². The fraction of sp³-hybridized carbons (Fsp3) is 0.750. The monoisotopic (exact) mass is 340 g/mol. The molecule has 0 bridgehead atoms. The van der Waals surface area contributed by atoms with E-state index >= 15 is 0 Å². The second kappa shape index (κ2) is 7.40. The maximum Gasteiger partial charge on any atom is 0.329 e. The van der Waals surface area contributed by atoms with E-state index in [1.807, 2.05) is 16.7 Å². The summed E-state index contributed by atoms with van der Waals surface area (Å²) in [7, 11) is 1.66. The van der Waals surface area contributed by atoms with E-state index in [4.69, 9.17) is 4.74 Å². The third-order valence-corrected chi connectivity index (χ3v) is 4.14. The summed E-state index contributed by atoms with van der Waals surface area (Å²) in [6, 6.07) is 0. The molecule has 0 saturated carbocycles. The maximum atomic E-state index is 12.2. The third kappa shape index (κ3) is 4.18. The molecule has 0 aliphatic carbocycles. The Morgan fingerprint density at radius 2 is 1.96 bits per heavy atom. The summed E-state index contributed by atoms with van der Waals surface area (Å²) in [6.07, 6.45) is 2.45. The molecule has 1 aromatic heterocycles. The topological polar surface area (TPSA) is 90.8 Å². The van der Waals surface area contributed by atoms with E-state index in [0.717, 1.165) is 12.8 Å². The van der Waals surface area contributed by atoms with Crippen LogP contribution < -0.4 is 21.0 Å². The van der Waals surface area contributed by atoms with E-state index in [1.165, 1.54) is 4.57 Å². The van der Waals surface area contributed by atoms with Gasteiger partial charge in [-0.3, -0.25) is 14.3 Å². The number of fused-ring (bicyclic) bond motifs is 1. The number of ether oxygens (including phenoxy) is 1. The van der Waals surface area contributed by atoms with Crippen molar-refractivity contribution in [3.05, 3.63) is 20.8 Å². The first-order valence-corrected chi connectivity index (χ1v) is 8.38. The van der Waals surface area contributed by atoms with Gasteiger partial charge in [-0.2, -0.15) is 0 Å². The van der Waals surface area contributed by atoms with Gasteiger partial charge in [0.2, 0.25) is 0 Å². The molecule has 8 heteroatoms. The Kier molecular flexibility index (Phi) is 5.71. The second-order valence-corrected chi connectivity index (χ2v) is 6.83. The van der Waals surface area contributed by atoms with Crippen molar-refractivity contribution >= 4 is 11.5 Å². The van der Waals surface area contributed by atoms with Crippen LogP contribution >= 0.6 is 0 Å². The molecule has 1 aromatic rings. The molecule has 24 heavy (non-hydrogen) atoms. The Morgan fingerprint density at radius 3 is 2.58 bits per heavy atom. The smallest absolute Gasteiger partial charge is 0.329 e. The molecule has 1 aliphatic rings. The first kappa shape index (κ1) is 18.5. The van der Waals surface area contributed by atoms with E-state index in [2.05, 4.69) is 4.98 Å². The van der Waals surface area contributed by atoms with Crippen LogP contribution in [0.3, 0.4) is 0 Å². The summed E-state index contributed by atoms with van der Waals surface area (Å²) in [6.45, 7) is 7.58. The van der Waals surface area contributed by atoms with Gasteiger partial charge in [-0.1, -0.05) is 0 Å². The van der Waals surface area contributed by atoms with E-state index in [-0.39, 0.29) is 5.56 Å². The number of aromatic amines is 1. The van der Waals surface area contributed by atoms with Gasteiger partial charge in [-0.05, 0) is 40.0 Å². The van der Waals surface area contributed by atoms with Crippen LogP contribution in [0.5, 0.6) is 0 Å². The fourth-order valence-electron chi connectivity index (χ4n) is 2.93. The zero-order valence-electron chi connectivity index (χ0n) is 15.0. The quantitative estimate of drug-likeness (QED) is 0.673. The standard InChI is InChI=1S/C16H28N4O4/c1-5-24-11-20-10-19(9-7-6-8-16(2,3)23)14-12(20)13(21)17-15(22)18(14)4/h23H,5-11H2,1-4H3,(H,17,21,22). The van der Waals surface area contributed by atoms with E-state index < -0.39 is 11.3 Å². The van der Waals surface area contributed by atoms with Gasteiger partial charge in [0.1, 0.15) is 18.2 Å². The van der Waals surface area contributed by atoms with Gasteiger partial charge in [-0.25, -0.2) is 4.79 Å². The highest BCUT2D eigenvalue weighted by molar-refractivity contribution is 5.71. The molecule has 136 valence electrons. The Balaban J connectivity index is 2.18. The molecular formula is C16H28N4O4. The van der Waals surface area contributed by atoms with E-state index in [9.17, 15) is 14.7 Å². The van der Waals surface area contributed by atoms with Crippen LogP contribution in [0.15, 0.2) is 9.59 Å². The SMILES string of the molecule is CCOCN1CN(CCCCC(C)(C)O)c2c1c(=O)[nH]c(=O)n2C. The average molecular weight is 340 g/mol. The predicted molar refractivity (Wildman–Crippen MR) is 93.6 cm³/mol. The summed E-state index contributed by atoms with van der Waals surface area (Å²) in [5.74, 6) is 0.631. The summed E-state index contributed by atoms with van der Waals surface area (Å²) >= 11 is 0. The van der Waals surface area contributed by atoms with E-state index in [0.29, 0.717) is 44.5 Å². The molecular weight excluding hydrogens is 312 g/mol. The van der Waals surface area contributed by atoms with Gasteiger partial charge in [0, 0.05) is 20.2 Å². The average Bonchev–Trinajstić information content (AvgIpc) is 2.85. The fourth-order valence-corrected chi connectivity index (χ4v) is 2.93. The van der Waals surface area contributed by atoms with Gasteiger partial charge in [-0.15, -0.1) is 0 Å². The van der Waals surface area contributed by atoms with Crippen LogP contribution in [0.25, 0.3) is 0 Å². The Bertz CT molecular complexity index is 674. The number of aromatic nitrogens is 2. The molecule has 0 fully saturated rings. The largest absolute Gasteiger partial charge is 0.390 e. The minimum atomic E-state index is -0.673. The van der Waals surface area contributed by atoms with Gasteiger partial charge in [0.25, 0.3) is 5.56 Å². The molecule has 2 rings (SSSR count). The van der Waals surface area contributed by atoms with Crippen molar-refractivity contribution in [2.24, 2.45) is 7.05 Å². The molecule has 0 unspecified atom stereocenters. The summed E-state index contributed by atoms with van der Waals surface area (Å²) in [5, 5.41) is 9.79. The van der Waals surface area contributed by atoms with Crippen molar-refractivity contribution in [1.29, 1.82) is 0 Å². The number of H-pyrrole nitrogens is 1. The zero-order valence-corrected chi connectivity index (χ0v) is 15.0. The van der Waals surface area contributed by atoms with Crippen molar-refractivity contribution in [2.45, 2.75) is 45.6 Å². The van der Waals surface area contributed by atoms with Gasteiger partial charge < -0.3 is 19.6 Å². The second-order valence-electron chi connectivity index (χ2n) is 6.83. The molecule has 0 spiro atoms. The lowest BCUT2D eigenvalue weighted by atomic mass is 10.0. The highest BCUT2D eigenvalue weighted by Gasteiger charge is 2.31. The molecule has 0 aromatic carbocycles. The normalized spacial score (nSPS) is 14.4. The lowest BCUT2D eigenvalue weighted by Gasteiger charge is -2.22. The van der Waals surface area contributed by atoms with Crippen LogP contribution in [-0.2, 0) is 11.8 Å². The van der Waals surface area contributed by atoms with Gasteiger partial charge in [0.05, 0.1) is 12.3 Å². The lowest BCUT2D eigenvalue weighted by molar-refractivity contribution is 0.0684. The molecule has 0 atom stereocenters. The molecule has 0 amide bonds. The molecule has 2 heterocycles. The van der Waals surface area contributed by atoms with Crippen LogP contribution in [0, 0.1) is 0 Å².